The van der Waals surface area contributed by atoms with E-state index in [2.05, 4.69) is 10.6 Å². The van der Waals surface area contributed by atoms with Gasteiger partial charge in [0.2, 0.25) is 0 Å². The molecule has 2 N–H and O–H groups in total. The summed E-state index contributed by atoms with van der Waals surface area (Å²) in [7, 11) is 4.86. The Balaban J connectivity index is 1.99. The maximum absolute atomic E-state index is 5.38. The highest BCUT2D eigenvalue weighted by Gasteiger charge is 2.09. The second kappa shape index (κ2) is 8.40. The molecule has 24 heavy (non-hydrogen) atoms. The Labute approximate surface area is 147 Å². The number of nitrogens with one attached hydrogen (secondary N) is 2. The summed E-state index contributed by atoms with van der Waals surface area (Å²) in [5.41, 5.74) is 1.94. The monoisotopic (exact) mass is 346 g/mol. The fraction of sp³-hybridized carbons (Fsp3) is 0.278. The summed E-state index contributed by atoms with van der Waals surface area (Å²) in [5, 5.41) is 6.94. The summed E-state index contributed by atoms with van der Waals surface area (Å²) in [5.74, 6) is 2.15. The van der Waals surface area contributed by atoms with Crippen LogP contribution in [-0.4, -0.2) is 26.4 Å². The van der Waals surface area contributed by atoms with E-state index in [1.807, 2.05) is 49.4 Å². The molecule has 0 spiro atoms. The molecule has 0 aliphatic carbocycles. The van der Waals surface area contributed by atoms with Gasteiger partial charge in [0, 0.05) is 11.8 Å². The van der Waals surface area contributed by atoms with E-state index in [4.69, 9.17) is 26.4 Å². The molecule has 0 bridgehead atoms. The van der Waals surface area contributed by atoms with Crippen LogP contribution in [0.4, 0.5) is 5.69 Å². The predicted octanol–water partition coefficient (Wildman–Crippen LogP) is 3.76. The largest absolute Gasteiger partial charge is 0.497 e. The first-order chi connectivity index (χ1) is 11.6. The first kappa shape index (κ1) is 17.9. The molecular formula is C18H22N2O3S. The summed E-state index contributed by atoms with van der Waals surface area (Å²) in [6.07, 6.45) is 0. The van der Waals surface area contributed by atoms with E-state index >= 15 is 0 Å². The first-order valence-corrected chi connectivity index (χ1v) is 7.91. The third-order valence-electron chi connectivity index (χ3n) is 3.60. The van der Waals surface area contributed by atoms with Gasteiger partial charge in [-0.05, 0) is 49.0 Å². The lowest BCUT2D eigenvalue weighted by Crippen LogP contribution is -2.30. The van der Waals surface area contributed by atoms with Crippen molar-refractivity contribution >= 4 is 23.0 Å². The molecule has 0 radical (unpaired) electrons. The highest BCUT2D eigenvalue weighted by atomic mass is 32.1. The lowest BCUT2D eigenvalue weighted by Gasteiger charge is -2.18. The number of benzene rings is 2. The van der Waals surface area contributed by atoms with Gasteiger partial charge in [0.15, 0.2) is 16.6 Å². The summed E-state index contributed by atoms with van der Waals surface area (Å²) in [4.78, 5) is 0. The van der Waals surface area contributed by atoms with E-state index in [-0.39, 0.29) is 6.04 Å². The summed E-state index contributed by atoms with van der Waals surface area (Å²) in [6, 6.07) is 13.5. The van der Waals surface area contributed by atoms with Crippen LogP contribution in [0.1, 0.15) is 18.5 Å². The first-order valence-electron chi connectivity index (χ1n) is 7.51. The van der Waals surface area contributed by atoms with E-state index in [1.165, 1.54) is 0 Å². The van der Waals surface area contributed by atoms with E-state index in [1.54, 1.807) is 21.3 Å². The fourth-order valence-electron chi connectivity index (χ4n) is 2.25. The van der Waals surface area contributed by atoms with Crippen molar-refractivity contribution in [3.8, 4) is 17.2 Å². The number of ether oxygens (including phenoxy) is 3. The van der Waals surface area contributed by atoms with Crippen LogP contribution in [-0.2, 0) is 0 Å². The molecule has 2 aromatic rings. The number of rotatable bonds is 6. The molecule has 2 aromatic carbocycles. The molecule has 0 aromatic heterocycles. The Morgan fingerprint density at radius 1 is 0.917 bits per heavy atom. The van der Waals surface area contributed by atoms with Gasteiger partial charge in [-0.3, -0.25) is 0 Å². The Morgan fingerprint density at radius 3 is 2.17 bits per heavy atom. The second-order valence-corrected chi connectivity index (χ2v) is 5.57. The minimum absolute atomic E-state index is 0.0658. The van der Waals surface area contributed by atoms with Crippen molar-refractivity contribution in [2.45, 2.75) is 13.0 Å². The Morgan fingerprint density at radius 2 is 1.58 bits per heavy atom. The summed E-state index contributed by atoms with van der Waals surface area (Å²) in [6.45, 7) is 2.05. The smallest absolute Gasteiger partial charge is 0.171 e. The molecule has 6 heteroatoms. The number of methoxy groups -OCH3 is 3. The van der Waals surface area contributed by atoms with Gasteiger partial charge in [-0.2, -0.15) is 0 Å². The SMILES string of the molecule is COc1ccc(C(C)NC(=S)Nc2ccc(OC)c(OC)c2)cc1. The van der Waals surface area contributed by atoms with Gasteiger partial charge in [0.1, 0.15) is 5.75 Å². The number of hydrogen-bond acceptors (Lipinski definition) is 4. The van der Waals surface area contributed by atoms with Gasteiger partial charge >= 0.3 is 0 Å². The van der Waals surface area contributed by atoms with E-state index in [0.717, 1.165) is 17.0 Å². The van der Waals surface area contributed by atoms with Crippen molar-refractivity contribution < 1.29 is 14.2 Å². The molecule has 128 valence electrons. The minimum Gasteiger partial charge on any atom is -0.497 e. The van der Waals surface area contributed by atoms with Crippen molar-refractivity contribution in [1.29, 1.82) is 0 Å². The Hall–Kier alpha value is -2.47. The van der Waals surface area contributed by atoms with Crippen LogP contribution in [0.2, 0.25) is 0 Å². The molecule has 0 saturated carbocycles. The number of anilines is 1. The Bertz CT molecular complexity index is 689. The lowest BCUT2D eigenvalue weighted by molar-refractivity contribution is 0.355. The average molecular weight is 346 g/mol. The molecule has 0 fully saturated rings. The zero-order valence-corrected chi connectivity index (χ0v) is 15.1. The van der Waals surface area contributed by atoms with Crippen LogP contribution in [0, 0.1) is 0 Å². The second-order valence-electron chi connectivity index (χ2n) is 5.16. The average Bonchev–Trinajstić information content (AvgIpc) is 2.61. The van der Waals surface area contributed by atoms with Gasteiger partial charge in [0.05, 0.1) is 27.4 Å². The maximum atomic E-state index is 5.38. The highest BCUT2D eigenvalue weighted by molar-refractivity contribution is 7.80. The number of hydrogen-bond donors (Lipinski definition) is 2. The molecule has 1 unspecified atom stereocenters. The van der Waals surface area contributed by atoms with Crippen LogP contribution in [0.3, 0.4) is 0 Å². The molecule has 0 amide bonds. The van der Waals surface area contributed by atoms with Gasteiger partial charge in [0.25, 0.3) is 0 Å². The maximum Gasteiger partial charge on any atom is 0.171 e. The third kappa shape index (κ3) is 4.52. The number of thiocarbonyl (C=S) groups is 1. The van der Waals surface area contributed by atoms with E-state index in [9.17, 15) is 0 Å². The third-order valence-corrected chi connectivity index (χ3v) is 3.82. The molecular weight excluding hydrogens is 324 g/mol. The van der Waals surface area contributed by atoms with Crippen molar-refractivity contribution in [3.05, 3.63) is 48.0 Å². The van der Waals surface area contributed by atoms with Gasteiger partial charge in [-0.1, -0.05) is 12.1 Å². The van der Waals surface area contributed by atoms with Crippen molar-refractivity contribution in [2.75, 3.05) is 26.6 Å². The van der Waals surface area contributed by atoms with Crippen LogP contribution >= 0.6 is 12.2 Å². The van der Waals surface area contributed by atoms with E-state index < -0.39 is 0 Å². The van der Waals surface area contributed by atoms with Crippen LogP contribution in [0.15, 0.2) is 42.5 Å². The lowest BCUT2D eigenvalue weighted by atomic mass is 10.1. The van der Waals surface area contributed by atoms with Crippen LogP contribution in [0.25, 0.3) is 0 Å². The van der Waals surface area contributed by atoms with Crippen molar-refractivity contribution in [3.63, 3.8) is 0 Å². The van der Waals surface area contributed by atoms with Gasteiger partial charge < -0.3 is 24.8 Å². The van der Waals surface area contributed by atoms with E-state index in [0.29, 0.717) is 16.6 Å². The summed E-state index contributed by atoms with van der Waals surface area (Å²) < 4.78 is 15.7. The van der Waals surface area contributed by atoms with Gasteiger partial charge in [-0.15, -0.1) is 0 Å². The molecule has 0 heterocycles. The highest BCUT2D eigenvalue weighted by Crippen LogP contribution is 2.29. The zero-order valence-electron chi connectivity index (χ0n) is 14.3. The van der Waals surface area contributed by atoms with Crippen LogP contribution < -0.4 is 24.8 Å². The van der Waals surface area contributed by atoms with Gasteiger partial charge in [-0.25, -0.2) is 0 Å². The molecule has 5 nitrogen and oxygen atoms in total. The standard InChI is InChI=1S/C18H22N2O3S/c1-12(13-5-8-15(21-2)9-6-13)19-18(24)20-14-7-10-16(22-3)17(11-14)23-4/h5-12H,1-4H3,(H2,19,20,24). The van der Waals surface area contributed by atoms with Crippen molar-refractivity contribution in [1.82, 2.24) is 5.32 Å². The quantitative estimate of drug-likeness (QED) is 0.777. The zero-order chi connectivity index (χ0) is 17.5. The van der Waals surface area contributed by atoms with Crippen LogP contribution in [0.5, 0.6) is 17.2 Å². The molecule has 1 atom stereocenters. The molecule has 0 aliphatic rings. The normalized spacial score (nSPS) is 11.3. The molecule has 2 rings (SSSR count). The molecule has 0 saturated heterocycles. The Kier molecular flexibility index (Phi) is 6.26. The molecule has 0 aliphatic heterocycles. The summed E-state index contributed by atoms with van der Waals surface area (Å²) >= 11 is 5.38. The topological polar surface area (TPSA) is 51.8 Å². The fourth-order valence-corrected chi connectivity index (χ4v) is 2.55. The predicted molar refractivity (Wildman–Crippen MR) is 100 cm³/mol. The van der Waals surface area contributed by atoms with Crippen molar-refractivity contribution in [2.24, 2.45) is 0 Å². The minimum atomic E-state index is 0.0658.